The zero-order valence-electron chi connectivity index (χ0n) is 26.5. The lowest BCUT2D eigenvalue weighted by atomic mass is 9.93. The molecule has 7 aromatic rings. The first kappa shape index (κ1) is 29.7. The summed E-state index contributed by atoms with van der Waals surface area (Å²) < 4.78 is 9.70. The van der Waals surface area contributed by atoms with E-state index in [0.29, 0.717) is 31.1 Å². The van der Waals surface area contributed by atoms with Gasteiger partial charge in [0, 0.05) is 11.8 Å². The van der Waals surface area contributed by atoms with Gasteiger partial charge < -0.3 is 4.74 Å². The minimum Gasteiger partial charge on any atom is -0.489 e. The second-order valence-electron chi connectivity index (χ2n) is 11.8. The second kappa shape index (κ2) is 13.2. The van der Waals surface area contributed by atoms with Crippen LogP contribution in [0.2, 0.25) is 0 Å². The Morgan fingerprint density at radius 3 is 2.22 bits per heavy atom. The van der Waals surface area contributed by atoms with Crippen LogP contribution < -0.4 is 4.74 Å². The molecule has 0 spiro atoms. The van der Waals surface area contributed by atoms with Gasteiger partial charge in [0.2, 0.25) is 0 Å². The maximum absolute atomic E-state index is 10.3. The highest BCUT2D eigenvalue weighted by Crippen LogP contribution is 2.37. The Morgan fingerprint density at radius 2 is 1.49 bits per heavy atom. The van der Waals surface area contributed by atoms with Crippen LogP contribution in [0.5, 0.6) is 5.75 Å². The summed E-state index contributed by atoms with van der Waals surface area (Å²) in [5.41, 5.74) is 9.67. The Kier molecular flexibility index (Phi) is 8.02. The van der Waals surface area contributed by atoms with E-state index in [0.717, 1.165) is 55.8 Å². The smallest absolute Gasteiger partial charge is 0.159 e. The topological polar surface area (TPSA) is 107 Å². The zero-order chi connectivity index (χ0) is 33.0. The van der Waals surface area contributed by atoms with Crippen molar-refractivity contribution in [3.8, 4) is 45.5 Å². The average molecular weight is 639 g/mol. The molecular weight excluding hydrogens is 608 g/mol. The molecule has 0 aliphatic carbocycles. The van der Waals surface area contributed by atoms with E-state index in [1.54, 1.807) is 17.3 Å². The highest BCUT2D eigenvalue weighted by atomic mass is 16.5. The molecule has 9 heteroatoms. The number of ether oxygens (including phenoxy) is 1. The summed E-state index contributed by atoms with van der Waals surface area (Å²) in [6, 6.07) is 41.4. The summed E-state index contributed by atoms with van der Waals surface area (Å²) >= 11 is 0. The molecule has 9 nitrogen and oxygen atoms in total. The Balaban J connectivity index is 1.18. The summed E-state index contributed by atoms with van der Waals surface area (Å²) in [5, 5.41) is 19.3. The lowest BCUT2D eigenvalue weighted by Crippen LogP contribution is -2.09. The predicted molar refractivity (Wildman–Crippen MR) is 188 cm³/mol. The first-order valence-corrected chi connectivity index (χ1v) is 16.0. The summed E-state index contributed by atoms with van der Waals surface area (Å²) in [6.07, 6.45) is 6.67. The van der Waals surface area contributed by atoms with Crippen molar-refractivity contribution >= 4 is 6.21 Å². The lowest BCUT2D eigenvalue weighted by Gasteiger charge is -2.17. The van der Waals surface area contributed by atoms with Gasteiger partial charge >= 0.3 is 0 Å². The average Bonchev–Trinajstić information content (AvgIpc) is 3.67. The highest BCUT2D eigenvalue weighted by Gasteiger charge is 2.23. The van der Waals surface area contributed by atoms with Crippen molar-refractivity contribution in [1.82, 2.24) is 29.5 Å². The fourth-order valence-electron chi connectivity index (χ4n) is 6.06. The molecule has 0 amide bonds. The Morgan fingerprint density at radius 1 is 0.714 bits per heavy atom. The van der Waals surface area contributed by atoms with E-state index in [4.69, 9.17) is 14.8 Å². The van der Waals surface area contributed by atoms with Gasteiger partial charge in [0.05, 0.1) is 24.7 Å². The Labute approximate surface area is 283 Å². The quantitative estimate of drug-likeness (QED) is 0.145. The van der Waals surface area contributed by atoms with Crippen LogP contribution in [0.3, 0.4) is 0 Å². The van der Waals surface area contributed by atoms with Crippen LogP contribution in [-0.4, -0.2) is 35.7 Å². The van der Waals surface area contributed by atoms with Crippen molar-refractivity contribution in [3.63, 3.8) is 0 Å². The minimum atomic E-state index is 0.0752. The van der Waals surface area contributed by atoms with Crippen molar-refractivity contribution < 1.29 is 4.74 Å². The lowest BCUT2D eigenvalue weighted by molar-refractivity contribution is 0.306. The number of aromatic nitrogens is 6. The normalized spacial score (nSPS) is 13.2. The minimum absolute atomic E-state index is 0.0752. The van der Waals surface area contributed by atoms with Crippen molar-refractivity contribution in [2.45, 2.75) is 25.7 Å². The van der Waals surface area contributed by atoms with E-state index < -0.39 is 0 Å². The van der Waals surface area contributed by atoms with Gasteiger partial charge in [-0.1, -0.05) is 84.9 Å². The molecule has 0 bridgehead atoms. The van der Waals surface area contributed by atoms with E-state index in [1.165, 1.54) is 6.33 Å². The molecule has 8 rings (SSSR count). The second-order valence-corrected chi connectivity index (χ2v) is 11.8. The zero-order valence-corrected chi connectivity index (χ0v) is 26.5. The third-order valence-corrected chi connectivity index (χ3v) is 8.62. The van der Waals surface area contributed by atoms with Crippen molar-refractivity contribution in [1.29, 1.82) is 5.26 Å². The number of nitriles is 1. The van der Waals surface area contributed by atoms with E-state index in [-0.39, 0.29) is 6.04 Å². The number of rotatable bonds is 11. The third-order valence-electron chi connectivity index (χ3n) is 8.62. The Hall–Kier alpha value is -6.66. The molecule has 0 saturated carbocycles. The van der Waals surface area contributed by atoms with Crippen molar-refractivity contribution in [3.05, 3.63) is 162 Å². The fourth-order valence-corrected chi connectivity index (χ4v) is 6.06. The monoisotopic (exact) mass is 638 g/mol. The van der Waals surface area contributed by atoms with E-state index in [9.17, 15) is 5.26 Å². The molecule has 1 unspecified atom stereocenters. The van der Waals surface area contributed by atoms with Crippen LogP contribution >= 0.6 is 0 Å². The molecule has 1 atom stereocenters. The SMILES string of the molecule is N#Cc1cc(-c2ncnn2Cc2cc(-c3ccccc3)ccc2C2C=N2)c(-c2ccc(OCc3ccccc3)cc2)cc1Cn1cncn1. The summed E-state index contributed by atoms with van der Waals surface area (Å²) in [7, 11) is 0. The van der Waals surface area contributed by atoms with Gasteiger partial charge in [0.1, 0.15) is 37.4 Å². The maximum atomic E-state index is 10.3. The fraction of sp³-hybridized carbons (Fsp3) is 0.100. The number of hydrogen-bond donors (Lipinski definition) is 0. The molecule has 2 aromatic heterocycles. The molecule has 0 radical (unpaired) electrons. The molecule has 0 fully saturated rings. The van der Waals surface area contributed by atoms with Gasteiger partial charge in [-0.05, 0) is 74.8 Å². The number of benzene rings is 5. The van der Waals surface area contributed by atoms with Crippen LogP contribution in [0, 0.1) is 11.3 Å². The summed E-state index contributed by atoms with van der Waals surface area (Å²) in [6.45, 7) is 1.37. The molecule has 3 heterocycles. The number of nitrogens with zero attached hydrogens (tertiary/aromatic N) is 8. The van der Waals surface area contributed by atoms with Crippen LogP contribution in [0.1, 0.15) is 33.9 Å². The molecule has 236 valence electrons. The van der Waals surface area contributed by atoms with Gasteiger partial charge in [-0.25, -0.2) is 19.3 Å². The van der Waals surface area contributed by atoms with Crippen molar-refractivity contribution in [2.75, 3.05) is 0 Å². The molecular formula is C40H30N8O. The van der Waals surface area contributed by atoms with E-state index in [1.807, 2.05) is 95.8 Å². The molecule has 0 saturated heterocycles. The molecule has 49 heavy (non-hydrogen) atoms. The van der Waals surface area contributed by atoms with Crippen molar-refractivity contribution in [2.24, 2.45) is 4.99 Å². The van der Waals surface area contributed by atoms with Gasteiger partial charge in [-0.3, -0.25) is 4.99 Å². The molecule has 0 N–H and O–H groups in total. The van der Waals surface area contributed by atoms with E-state index in [2.05, 4.69) is 51.5 Å². The summed E-state index contributed by atoms with van der Waals surface area (Å²) in [4.78, 5) is 13.3. The Bertz CT molecular complexity index is 2280. The molecule has 1 aliphatic heterocycles. The molecule has 5 aromatic carbocycles. The van der Waals surface area contributed by atoms with Crippen LogP contribution in [0.4, 0.5) is 0 Å². The van der Waals surface area contributed by atoms with Gasteiger partial charge in [0.25, 0.3) is 0 Å². The molecule has 1 aliphatic rings. The number of hydrogen-bond acceptors (Lipinski definition) is 7. The highest BCUT2D eigenvalue weighted by molar-refractivity contribution is 5.83. The van der Waals surface area contributed by atoms with Gasteiger partial charge in [0.15, 0.2) is 5.82 Å². The number of aliphatic imine (C=N–C) groups is 1. The van der Waals surface area contributed by atoms with Gasteiger partial charge in [-0.2, -0.15) is 15.5 Å². The van der Waals surface area contributed by atoms with Crippen LogP contribution in [0.15, 0.2) is 139 Å². The van der Waals surface area contributed by atoms with E-state index >= 15 is 0 Å². The third kappa shape index (κ3) is 6.48. The van der Waals surface area contributed by atoms with Crippen LogP contribution in [0.25, 0.3) is 33.6 Å². The first-order valence-electron chi connectivity index (χ1n) is 16.0. The summed E-state index contributed by atoms with van der Waals surface area (Å²) in [5.74, 6) is 1.43. The van der Waals surface area contributed by atoms with Crippen LogP contribution in [-0.2, 0) is 19.7 Å². The maximum Gasteiger partial charge on any atom is 0.159 e. The standard InChI is InChI=1S/C40H30N8O/c41-20-32-18-38(40-44-26-46-48(40)23-34-17-31(29-9-5-2-6-10-29)13-16-36(34)39-21-43-39)37(19-33(32)22-47-27-42-25-45-47)30-11-14-35(15-12-30)49-24-28-7-3-1-4-8-28/h1-19,21,25-27,39H,22-24H2. The first-order chi connectivity index (χ1) is 24.2. The van der Waals surface area contributed by atoms with Gasteiger partial charge in [-0.15, -0.1) is 0 Å². The largest absolute Gasteiger partial charge is 0.489 e. The predicted octanol–water partition coefficient (Wildman–Crippen LogP) is 7.54.